The SMILES string of the molecule is C=C.CCOC(C)OCC.O=C1C2CC3CC1CC(COS(=O)(=O)C(F)(F)F)(C3)C2. The molecule has 0 radical (unpaired) electrons. The fourth-order valence-electron chi connectivity index (χ4n) is 4.87. The Labute approximate surface area is 177 Å². The molecule has 4 bridgehead atoms. The summed E-state index contributed by atoms with van der Waals surface area (Å²) in [7, 11) is -5.54. The van der Waals surface area contributed by atoms with Crippen LogP contribution < -0.4 is 0 Å². The molecule has 10 heteroatoms. The highest BCUT2D eigenvalue weighted by molar-refractivity contribution is 7.87. The van der Waals surface area contributed by atoms with E-state index in [9.17, 15) is 26.4 Å². The first-order valence-electron chi connectivity index (χ1n) is 10.2. The predicted octanol–water partition coefficient (Wildman–Crippen LogP) is 4.46. The van der Waals surface area contributed by atoms with E-state index in [0.717, 1.165) is 26.1 Å². The maximum atomic E-state index is 12.3. The first kappa shape index (κ1) is 27.1. The molecule has 0 aromatic heterocycles. The van der Waals surface area contributed by atoms with Gasteiger partial charge in [0.1, 0.15) is 5.78 Å². The van der Waals surface area contributed by atoms with Crippen molar-refractivity contribution in [2.75, 3.05) is 19.8 Å². The summed E-state index contributed by atoms with van der Waals surface area (Å²) in [6.45, 7) is 12.8. The van der Waals surface area contributed by atoms with Crippen LogP contribution in [0, 0.1) is 23.2 Å². The Kier molecular flexibility index (Phi) is 9.98. The van der Waals surface area contributed by atoms with Crippen LogP contribution >= 0.6 is 0 Å². The number of Topliss-reactive ketones (excluding diaryl/α,β-unsaturated/α-hetero) is 1. The van der Waals surface area contributed by atoms with Gasteiger partial charge in [0.2, 0.25) is 0 Å². The van der Waals surface area contributed by atoms with E-state index in [4.69, 9.17) is 9.47 Å². The highest BCUT2D eigenvalue weighted by atomic mass is 32.2. The minimum absolute atomic E-state index is 0.0370. The number of hydrogen-bond acceptors (Lipinski definition) is 6. The highest BCUT2D eigenvalue weighted by Gasteiger charge is 2.56. The minimum atomic E-state index is -5.54. The second-order valence-electron chi connectivity index (χ2n) is 7.89. The molecule has 0 spiro atoms. The van der Waals surface area contributed by atoms with Gasteiger partial charge in [0.25, 0.3) is 0 Å². The van der Waals surface area contributed by atoms with E-state index in [1.807, 2.05) is 20.8 Å². The standard InChI is InChI=1S/C12H15F3O4S.C6H14O2.C2H4/c13-12(14,15)20(17,18)19-6-11-3-7-1-8(4-11)10(16)9(2-7)5-11;1-4-7-6(3)8-5-2;1-2/h7-9H,1-6H2;6H,4-5H2,1-3H3;1-2H2. The van der Waals surface area contributed by atoms with Gasteiger partial charge in [0, 0.05) is 25.0 Å². The van der Waals surface area contributed by atoms with Crippen LogP contribution in [0.1, 0.15) is 52.9 Å². The Morgan fingerprint density at radius 1 is 1.07 bits per heavy atom. The summed E-state index contributed by atoms with van der Waals surface area (Å²) in [5.41, 5.74) is -5.95. The third-order valence-electron chi connectivity index (χ3n) is 5.73. The first-order chi connectivity index (χ1) is 13.9. The quantitative estimate of drug-likeness (QED) is 0.243. The molecule has 2 unspecified atom stereocenters. The fraction of sp³-hybridized carbons (Fsp3) is 0.850. The molecule has 4 aliphatic rings. The first-order valence-corrected chi connectivity index (χ1v) is 11.6. The molecule has 6 nitrogen and oxygen atoms in total. The van der Waals surface area contributed by atoms with Crippen LogP contribution in [-0.2, 0) is 28.6 Å². The van der Waals surface area contributed by atoms with Gasteiger partial charge in [-0.3, -0.25) is 8.98 Å². The van der Waals surface area contributed by atoms with Crippen LogP contribution in [0.4, 0.5) is 13.2 Å². The molecule has 4 saturated carbocycles. The van der Waals surface area contributed by atoms with Crippen molar-refractivity contribution in [3.05, 3.63) is 13.2 Å². The van der Waals surface area contributed by atoms with E-state index in [0.29, 0.717) is 25.2 Å². The predicted molar refractivity (Wildman–Crippen MR) is 106 cm³/mol. The van der Waals surface area contributed by atoms with Crippen molar-refractivity contribution in [1.29, 1.82) is 0 Å². The lowest BCUT2D eigenvalue weighted by Gasteiger charge is -2.55. The molecular weight excluding hydrogens is 425 g/mol. The van der Waals surface area contributed by atoms with E-state index in [1.54, 1.807) is 0 Å². The number of carbonyl (C=O) groups is 1. The van der Waals surface area contributed by atoms with Crippen molar-refractivity contribution in [2.45, 2.75) is 64.7 Å². The van der Waals surface area contributed by atoms with Crippen molar-refractivity contribution in [3.8, 4) is 0 Å². The largest absolute Gasteiger partial charge is 0.523 e. The van der Waals surface area contributed by atoms with Gasteiger partial charge in [-0.25, -0.2) is 0 Å². The molecule has 0 aromatic rings. The third-order valence-corrected chi connectivity index (χ3v) is 6.72. The lowest BCUT2D eigenvalue weighted by molar-refractivity contribution is -0.150. The summed E-state index contributed by atoms with van der Waals surface area (Å²) >= 11 is 0. The molecule has 0 aromatic carbocycles. The van der Waals surface area contributed by atoms with Gasteiger partial charge in [0.05, 0.1) is 6.61 Å². The molecule has 4 aliphatic carbocycles. The number of ketones is 1. The molecule has 4 rings (SSSR count). The molecule has 0 N–H and O–H groups in total. The third kappa shape index (κ3) is 6.77. The summed E-state index contributed by atoms with van der Waals surface area (Å²) in [5.74, 6) is 0.300. The average Bonchev–Trinajstić information content (AvgIpc) is 2.66. The minimum Gasteiger partial charge on any atom is -0.353 e. The van der Waals surface area contributed by atoms with Crippen LogP contribution in [0.2, 0.25) is 0 Å². The molecule has 2 atom stereocenters. The van der Waals surface area contributed by atoms with E-state index >= 15 is 0 Å². The van der Waals surface area contributed by atoms with Crippen molar-refractivity contribution in [2.24, 2.45) is 23.2 Å². The number of rotatable bonds is 7. The van der Waals surface area contributed by atoms with E-state index < -0.39 is 27.6 Å². The molecule has 0 heterocycles. The summed E-state index contributed by atoms with van der Waals surface area (Å²) in [4.78, 5) is 11.9. The zero-order valence-electron chi connectivity index (χ0n) is 17.9. The van der Waals surface area contributed by atoms with Gasteiger partial charge in [-0.2, -0.15) is 21.6 Å². The van der Waals surface area contributed by atoms with Gasteiger partial charge >= 0.3 is 15.6 Å². The van der Waals surface area contributed by atoms with Gasteiger partial charge < -0.3 is 9.47 Å². The van der Waals surface area contributed by atoms with E-state index in [2.05, 4.69) is 17.3 Å². The summed E-state index contributed by atoms with van der Waals surface area (Å²) < 4.78 is 73.2. The lowest BCUT2D eigenvalue weighted by atomic mass is 9.49. The second kappa shape index (κ2) is 11.1. The van der Waals surface area contributed by atoms with Gasteiger partial charge in [-0.05, 0) is 64.2 Å². The average molecular weight is 459 g/mol. The van der Waals surface area contributed by atoms with Gasteiger partial charge in [-0.1, -0.05) is 0 Å². The van der Waals surface area contributed by atoms with E-state index in [-0.39, 0.29) is 23.9 Å². The number of ether oxygens (including phenoxy) is 2. The van der Waals surface area contributed by atoms with Gasteiger partial charge in [-0.15, -0.1) is 13.2 Å². The van der Waals surface area contributed by atoms with Crippen LogP contribution in [0.5, 0.6) is 0 Å². The molecule has 0 aliphatic heterocycles. The molecule has 30 heavy (non-hydrogen) atoms. The Bertz CT molecular complexity index is 640. The summed E-state index contributed by atoms with van der Waals surface area (Å²) in [6.07, 6.45) is 3.15. The zero-order chi connectivity index (χ0) is 23.2. The molecule has 176 valence electrons. The summed E-state index contributed by atoms with van der Waals surface area (Å²) in [5, 5.41) is 0. The smallest absolute Gasteiger partial charge is 0.353 e. The van der Waals surface area contributed by atoms with Crippen LogP contribution in [0.15, 0.2) is 13.2 Å². The van der Waals surface area contributed by atoms with Crippen molar-refractivity contribution in [1.82, 2.24) is 0 Å². The second-order valence-corrected chi connectivity index (χ2v) is 9.49. The normalized spacial score (nSPS) is 29.8. The number of carbonyl (C=O) groups excluding carboxylic acids is 1. The van der Waals surface area contributed by atoms with Crippen molar-refractivity contribution < 1.29 is 40.0 Å². The van der Waals surface area contributed by atoms with Gasteiger partial charge in [0.15, 0.2) is 6.29 Å². The maximum Gasteiger partial charge on any atom is 0.523 e. The fourth-order valence-corrected chi connectivity index (χ4v) is 5.41. The Morgan fingerprint density at radius 2 is 1.53 bits per heavy atom. The van der Waals surface area contributed by atoms with Crippen molar-refractivity contribution in [3.63, 3.8) is 0 Å². The molecular formula is C20H33F3O6S. The maximum absolute atomic E-state index is 12.3. The number of halogens is 3. The molecule has 4 fully saturated rings. The van der Waals surface area contributed by atoms with Crippen molar-refractivity contribution >= 4 is 15.9 Å². The van der Waals surface area contributed by atoms with Crippen LogP contribution in [0.3, 0.4) is 0 Å². The highest BCUT2D eigenvalue weighted by Crippen LogP contribution is 2.58. The van der Waals surface area contributed by atoms with Crippen LogP contribution in [0.25, 0.3) is 0 Å². The number of alkyl halides is 3. The molecule has 0 saturated heterocycles. The van der Waals surface area contributed by atoms with E-state index in [1.165, 1.54) is 0 Å². The topological polar surface area (TPSA) is 78.9 Å². The molecule has 0 amide bonds. The number of hydrogen-bond donors (Lipinski definition) is 0. The Morgan fingerprint density at radius 3 is 1.93 bits per heavy atom. The zero-order valence-corrected chi connectivity index (χ0v) is 18.7. The summed E-state index contributed by atoms with van der Waals surface area (Å²) in [6, 6.07) is 0. The lowest BCUT2D eigenvalue weighted by Crippen LogP contribution is -2.53. The Balaban J connectivity index is 0.000000383. The Hall–Kier alpha value is -0.970. The van der Waals surface area contributed by atoms with Crippen LogP contribution in [-0.4, -0.2) is 45.8 Å². The monoisotopic (exact) mass is 458 g/mol.